The van der Waals surface area contributed by atoms with Gasteiger partial charge >= 0.3 is 0 Å². The van der Waals surface area contributed by atoms with E-state index in [1.165, 1.54) is 6.07 Å². The van der Waals surface area contributed by atoms with Crippen LogP contribution in [-0.4, -0.2) is 9.38 Å². The van der Waals surface area contributed by atoms with Crippen molar-refractivity contribution in [2.75, 3.05) is 0 Å². The lowest BCUT2D eigenvalue weighted by atomic mass is 10.2. The molecule has 1 aromatic carbocycles. The number of para-hydroxylation sites is 1. The molecule has 0 unspecified atom stereocenters. The second kappa shape index (κ2) is 4.06. The van der Waals surface area contributed by atoms with Crippen LogP contribution < -0.4 is 5.43 Å². The lowest BCUT2D eigenvalue weighted by Crippen LogP contribution is -2.01. The summed E-state index contributed by atoms with van der Waals surface area (Å²) in [6.07, 6.45) is 5.53. The van der Waals surface area contributed by atoms with Gasteiger partial charge in [0.05, 0.1) is 17.1 Å². The highest BCUT2D eigenvalue weighted by Crippen LogP contribution is 2.20. The van der Waals surface area contributed by atoms with Gasteiger partial charge in [-0.3, -0.25) is 4.79 Å². The maximum absolute atomic E-state index is 12.1. The van der Waals surface area contributed by atoms with Gasteiger partial charge in [0.15, 0.2) is 11.2 Å². The fourth-order valence-corrected chi connectivity index (χ4v) is 2.29. The van der Waals surface area contributed by atoms with Gasteiger partial charge in [0.25, 0.3) is 0 Å². The van der Waals surface area contributed by atoms with Gasteiger partial charge in [0.2, 0.25) is 0 Å². The molecule has 0 aliphatic heterocycles. The minimum absolute atomic E-state index is 0.0590. The van der Waals surface area contributed by atoms with Crippen LogP contribution in [0.15, 0.2) is 70.3 Å². The maximum Gasteiger partial charge on any atom is 0.193 e. The molecule has 0 saturated carbocycles. The zero-order chi connectivity index (χ0) is 13.5. The fourth-order valence-electron chi connectivity index (χ4n) is 2.29. The number of rotatable bonds is 1. The van der Waals surface area contributed by atoms with Crippen LogP contribution in [0.5, 0.6) is 0 Å². The summed E-state index contributed by atoms with van der Waals surface area (Å²) in [6.45, 7) is 0. The third kappa shape index (κ3) is 1.62. The molecule has 0 aliphatic rings. The Labute approximate surface area is 113 Å². The zero-order valence-corrected chi connectivity index (χ0v) is 10.5. The highest BCUT2D eigenvalue weighted by Gasteiger charge is 2.08. The summed E-state index contributed by atoms with van der Waals surface area (Å²) in [5.41, 5.74) is 2.15. The molecule has 20 heavy (non-hydrogen) atoms. The van der Waals surface area contributed by atoms with Gasteiger partial charge in [-0.2, -0.15) is 0 Å². The first-order chi connectivity index (χ1) is 9.81. The third-order valence-electron chi connectivity index (χ3n) is 3.30. The largest absolute Gasteiger partial charge is 0.454 e. The normalized spacial score (nSPS) is 11.2. The van der Waals surface area contributed by atoms with E-state index in [9.17, 15) is 4.79 Å². The summed E-state index contributed by atoms with van der Waals surface area (Å²) in [5, 5.41) is 0.582. The van der Waals surface area contributed by atoms with Gasteiger partial charge in [-0.15, -0.1) is 0 Å². The molecular weight excluding hydrogens is 252 g/mol. The van der Waals surface area contributed by atoms with E-state index >= 15 is 0 Å². The van der Waals surface area contributed by atoms with Gasteiger partial charge in [-0.05, 0) is 24.3 Å². The van der Waals surface area contributed by atoms with Crippen LogP contribution in [0.25, 0.3) is 27.9 Å². The monoisotopic (exact) mass is 262 g/mol. The third-order valence-corrected chi connectivity index (χ3v) is 3.30. The Morgan fingerprint density at radius 1 is 1.10 bits per heavy atom. The Morgan fingerprint density at radius 3 is 2.95 bits per heavy atom. The van der Waals surface area contributed by atoms with E-state index in [0.717, 1.165) is 5.52 Å². The van der Waals surface area contributed by atoms with Crippen LogP contribution >= 0.6 is 0 Å². The summed E-state index contributed by atoms with van der Waals surface area (Å²) in [6, 6.07) is 12.6. The predicted molar refractivity (Wildman–Crippen MR) is 76.7 cm³/mol. The topological polar surface area (TPSA) is 47.5 Å². The van der Waals surface area contributed by atoms with Gasteiger partial charge in [-0.25, -0.2) is 4.98 Å². The van der Waals surface area contributed by atoms with E-state index < -0.39 is 0 Å². The van der Waals surface area contributed by atoms with E-state index in [2.05, 4.69) is 4.98 Å². The van der Waals surface area contributed by atoms with E-state index in [1.807, 2.05) is 41.1 Å². The molecule has 96 valence electrons. The smallest absolute Gasteiger partial charge is 0.193 e. The zero-order valence-electron chi connectivity index (χ0n) is 10.5. The number of aromatic nitrogens is 2. The standard InChI is InChI=1S/C16H10N2O2/c19-14-8-16(20-15-6-2-1-5-12(14)15)13-10-18-7-3-4-11(18)9-17-13/h1-10H. The van der Waals surface area contributed by atoms with Crippen LogP contribution in [-0.2, 0) is 0 Å². The van der Waals surface area contributed by atoms with Gasteiger partial charge in [0, 0.05) is 18.5 Å². The maximum atomic E-state index is 12.1. The van der Waals surface area contributed by atoms with Crippen LogP contribution in [0, 0.1) is 0 Å². The SMILES string of the molecule is O=c1cc(-c2cn3cccc3cn2)oc2ccccc12. The molecule has 0 atom stereocenters. The fraction of sp³-hybridized carbons (Fsp3) is 0. The molecule has 4 nitrogen and oxygen atoms in total. The van der Waals surface area contributed by atoms with E-state index in [1.54, 1.807) is 18.3 Å². The summed E-state index contributed by atoms with van der Waals surface area (Å²) in [4.78, 5) is 16.4. The van der Waals surface area contributed by atoms with Crippen molar-refractivity contribution in [1.29, 1.82) is 0 Å². The second-order valence-electron chi connectivity index (χ2n) is 4.58. The molecule has 4 heteroatoms. The van der Waals surface area contributed by atoms with Crippen molar-refractivity contribution in [3.8, 4) is 11.5 Å². The molecule has 0 radical (unpaired) electrons. The molecule has 0 saturated heterocycles. The number of nitrogens with zero attached hydrogens (tertiary/aromatic N) is 2. The Balaban J connectivity index is 1.99. The summed E-state index contributed by atoms with van der Waals surface area (Å²) >= 11 is 0. The van der Waals surface area contributed by atoms with Crippen molar-refractivity contribution in [2.45, 2.75) is 0 Å². The minimum atomic E-state index is -0.0590. The molecule has 0 fully saturated rings. The summed E-state index contributed by atoms with van der Waals surface area (Å²) in [7, 11) is 0. The van der Waals surface area contributed by atoms with Gasteiger partial charge in [-0.1, -0.05) is 12.1 Å². The first kappa shape index (κ1) is 11.0. The molecule has 0 spiro atoms. The van der Waals surface area contributed by atoms with Gasteiger partial charge in [0.1, 0.15) is 11.3 Å². The molecule has 4 rings (SSSR count). The molecule has 3 heterocycles. The van der Waals surface area contributed by atoms with Crippen molar-refractivity contribution in [3.63, 3.8) is 0 Å². The van der Waals surface area contributed by atoms with Crippen molar-refractivity contribution in [3.05, 3.63) is 71.3 Å². The summed E-state index contributed by atoms with van der Waals surface area (Å²) in [5.74, 6) is 0.476. The molecule has 0 bridgehead atoms. The number of hydrogen-bond donors (Lipinski definition) is 0. The second-order valence-corrected chi connectivity index (χ2v) is 4.58. The van der Waals surface area contributed by atoms with Gasteiger partial charge < -0.3 is 8.82 Å². The van der Waals surface area contributed by atoms with Crippen molar-refractivity contribution < 1.29 is 4.42 Å². The first-order valence-electron chi connectivity index (χ1n) is 6.27. The number of fused-ring (bicyclic) bond motifs is 2. The lowest BCUT2D eigenvalue weighted by Gasteiger charge is -2.03. The van der Waals surface area contributed by atoms with Crippen LogP contribution in [0.4, 0.5) is 0 Å². The number of benzene rings is 1. The predicted octanol–water partition coefficient (Wildman–Crippen LogP) is 3.11. The van der Waals surface area contributed by atoms with Crippen LogP contribution in [0.3, 0.4) is 0 Å². The van der Waals surface area contributed by atoms with E-state index in [4.69, 9.17) is 4.42 Å². The van der Waals surface area contributed by atoms with Crippen LogP contribution in [0.2, 0.25) is 0 Å². The van der Waals surface area contributed by atoms with Crippen molar-refractivity contribution >= 4 is 16.5 Å². The molecule has 3 aromatic heterocycles. The minimum Gasteiger partial charge on any atom is -0.454 e. The highest BCUT2D eigenvalue weighted by atomic mass is 16.3. The molecule has 0 amide bonds. The Morgan fingerprint density at radius 2 is 2.00 bits per heavy atom. The van der Waals surface area contributed by atoms with E-state index in [0.29, 0.717) is 22.4 Å². The lowest BCUT2D eigenvalue weighted by molar-refractivity contribution is 0.615. The van der Waals surface area contributed by atoms with Crippen molar-refractivity contribution in [1.82, 2.24) is 9.38 Å². The molecular formula is C16H10N2O2. The Kier molecular flexibility index (Phi) is 2.23. The Bertz CT molecular complexity index is 982. The Hall–Kier alpha value is -2.88. The van der Waals surface area contributed by atoms with E-state index in [-0.39, 0.29) is 5.43 Å². The molecule has 0 aliphatic carbocycles. The van der Waals surface area contributed by atoms with Crippen molar-refractivity contribution in [2.24, 2.45) is 0 Å². The quantitative estimate of drug-likeness (QED) is 0.529. The molecule has 0 N–H and O–H groups in total. The first-order valence-corrected chi connectivity index (χ1v) is 6.27. The highest BCUT2D eigenvalue weighted by molar-refractivity contribution is 5.78. The average molecular weight is 262 g/mol. The molecule has 4 aromatic rings. The number of hydrogen-bond acceptors (Lipinski definition) is 3. The average Bonchev–Trinajstić information content (AvgIpc) is 2.94. The van der Waals surface area contributed by atoms with Crippen LogP contribution in [0.1, 0.15) is 0 Å². The summed E-state index contributed by atoms with van der Waals surface area (Å²) < 4.78 is 7.72.